The van der Waals surface area contributed by atoms with Gasteiger partial charge >= 0.3 is 0 Å². The maximum atomic E-state index is 4.65. The average Bonchev–Trinajstić information content (AvgIpc) is 3.21. The van der Waals surface area contributed by atoms with Crippen molar-refractivity contribution in [1.82, 2.24) is 15.6 Å². The monoisotopic (exact) mass is 350 g/mol. The van der Waals surface area contributed by atoms with Gasteiger partial charge in [-0.25, -0.2) is 9.98 Å². The minimum atomic E-state index is 0.573. The molecule has 126 valence electrons. The van der Waals surface area contributed by atoms with Crippen molar-refractivity contribution in [1.29, 1.82) is 0 Å². The molecule has 2 aromatic heterocycles. The zero-order valence-electron chi connectivity index (χ0n) is 14.1. The number of aryl methyl sites for hydroxylation is 1. The number of hydrogen-bond donors (Lipinski definition) is 2. The summed E-state index contributed by atoms with van der Waals surface area (Å²) in [6.45, 7) is 8.93. The molecular formula is C17H26N4S2. The van der Waals surface area contributed by atoms with E-state index in [4.69, 9.17) is 0 Å². The van der Waals surface area contributed by atoms with Crippen LogP contribution in [0.3, 0.4) is 0 Å². The molecule has 6 heteroatoms. The molecule has 4 nitrogen and oxygen atoms in total. The van der Waals surface area contributed by atoms with E-state index in [0.717, 1.165) is 36.9 Å². The van der Waals surface area contributed by atoms with Crippen LogP contribution >= 0.6 is 22.7 Å². The second-order valence-electron chi connectivity index (χ2n) is 5.54. The van der Waals surface area contributed by atoms with Crippen LogP contribution in [0.25, 0.3) is 0 Å². The number of thiophene rings is 1. The van der Waals surface area contributed by atoms with Crippen molar-refractivity contribution in [3.63, 3.8) is 0 Å². The first-order valence-electron chi connectivity index (χ1n) is 8.19. The summed E-state index contributed by atoms with van der Waals surface area (Å²) in [4.78, 5) is 11.8. The smallest absolute Gasteiger partial charge is 0.191 e. The molecule has 0 spiro atoms. The Morgan fingerprint density at radius 1 is 1.30 bits per heavy atom. The third-order valence-corrected chi connectivity index (χ3v) is 5.44. The third kappa shape index (κ3) is 6.31. The first-order chi connectivity index (χ1) is 11.2. The van der Waals surface area contributed by atoms with Crippen molar-refractivity contribution in [2.45, 2.75) is 40.2 Å². The van der Waals surface area contributed by atoms with E-state index in [2.05, 4.69) is 58.9 Å². The molecule has 0 aliphatic carbocycles. The number of nitrogens with zero attached hydrogens (tertiary/aromatic N) is 2. The van der Waals surface area contributed by atoms with Crippen LogP contribution in [0.4, 0.5) is 0 Å². The van der Waals surface area contributed by atoms with Gasteiger partial charge in [0.05, 0.1) is 6.54 Å². The molecule has 0 saturated carbocycles. The van der Waals surface area contributed by atoms with Gasteiger partial charge in [-0.15, -0.1) is 22.7 Å². The minimum Gasteiger partial charge on any atom is -0.357 e. The van der Waals surface area contributed by atoms with E-state index in [1.165, 1.54) is 9.75 Å². The highest BCUT2D eigenvalue weighted by atomic mass is 32.1. The van der Waals surface area contributed by atoms with Gasteiger partial charge in [0.25, 0.3) is 0 Å². The van der Waals surface area contributed by atoms with E-state index in [1.807, 2.05) is 17.5 Å². The summed E-state index contributed by atoms with van der Waals surface area (Å²) < 4.78 is 0. The molecule has 2 N–H and O–H groups in total. The van der Waals surface area contributed by atoms with Gasteiger partial charge in [0.2, 0.25) is 0 Å². The molecule has 0 aliphatic rings. The summed E-state index contributed by atoms with van der Waals surface area (Å²) in [6, 6.07) is 4.32. The van der Waals surface area contributed by atoms with Crippen LogP contribution in [0.2, 0.25) is 0 Å². The Kier molecular flexibility index (Phi) is 7.55. The molecular weight excluding hydrogens is 324 g/mol. The van der Waals surface area contributed by atoms with Gasteiger partial charge in [-0.2, -0.15) is 0 Å². The normalized spacial score (nSPS) is 13.1. The first-order valence-corrected chi connectivity index (χ1v) is 9.89. The number of guanidine groups is 1. The SMILES string of the molecule is CCNC(=NCc1ncc(CC)s1)NCC(C)Cc1cccs1. The Labute approximate surface area is 147 Å². The standard InChI is InChI=1S/C17H26N4S2/c1-4-14-11-19-16(23-14)12-21-17(18-5-2)20-10-13(3)9-15-7-6-8-22-15/h6-8,11,13H,4-5,9-10,12H2,1-3H3,(H2,18,20,21). The van der Waals surface area contributed by atoms with Crippen molar-refractivity contribution >= 4 is 28.6 Å². The van der Waals surface area contributed by atoms with Gasteiger partial charge in [0.1, 0.15) is 5.01 Å². The van der Waals surface area contributed by atoms with Gasteiger partial charge in [-0.1, -0.05) is 19.9 Å². The Morgan fingerprint density at radius 3 is 2.83 bits per heavy atom. The summed E-state index contributed by atoms with van der Waals surface area (Å²) in [7, 11) is 0. The van der Waals surface area contributed by atoms with E-state index < -0.39 is 0 Å². The van der Waals surface area contributed by atoms with E-state index in [0.29, 0.717) is 12.5 Å². The zero-order valence-corrected chi connectivity index (χ0v) is 15.8. The molecule has 2 heterocycles. The number of hydrogen-bond acceptors (Lipinski definition) is 4. The summed E-state index contributed by atoms with van der Waals surface area (Å²) in [5.74, 6) is 1.45. The Bertz CT molecular complexity index is 590. The second-order valence-corrected chi connectivity index (χ2v) is 7.77. The Balaban J connectivity index is 1.83. The minimum absolute atomic E-state index is 0.573. The van der Waals surface area contributed by atoms with Crippen LogP contribution < -0.4 is 10.6 Å². The number of nitrogens with one attached hydrogen (secondary N) is 2. The van der Waals surface area contributed by atoms with Gasteiger partial charge in [-0.3, -0.25) is 0 Å². The average molecular weight is 351 g/mol. The highest BCUT2D eigenvalue weighted by Gasteiger charge is 2.06. The molecule has 23 heavy (non-hydrogen) atoms. The maximum Gasteiger partial charge on any atom is 0.191 e. The lowest BCUT2D eigenvalue weighted by Gasteiger charge is -2.15. The van der Waals surface area contributed by atoms with Crippen LogP contribution in [0, 0.1) is 5.92 Å². The van der Waals surface area contributed by atoms with E-state index >= 15 is 0 Å². The molecule has 0 aromatic carbocycles. The highest BCUT2D eigenvalue weighted by Crippen LogP contribution is 2.15. The van der Waals surface area contributed by atoms with E-state index in [-0.39, 0.29) is 0 Å². The molecule has 0 saturated heterocycles. The van der Waals surface area contributed by atoms with Crippen molar-refractivity contribution in [3.8, 4) is 0 Å². The molecule has 1 unspecified atom stereocenters. The maximum absolute atomic E-state index is 4.65. The molecule has 1 atom stereocenters. The van der Waals surface area contributed by atoms with E-state index in [9.17, 15) is 0 Å². The molecule has 0 aliphatic heterocycles. The Hall–Kier alpha value is -1.40. The lowest BCUT2D eigenvalue weighted by Crippen LogP contribution is -2.39. The fourth-order valence-corrected chi connectivity index (χ4v) is 3.84. The lowest BCUT2D eigenvalue weighted by atomic mass is 10.1. The topological polar surface area (TPSA) is 49.3 Å². The van der Waals surface area contributed by atoms with Crippen LogP contribution in [0.15, 0.2) is 28.7 Å². The Morgan fingerprint density at radius 2 is 2.17 bits per heavy atom. The van der Waals surface area contributed by atoms with Crippen LogP contribution in [0.1, 0.15) is 35.5 Å². The predicted octanol–water partition coefficient (Wildman–Crippen LogP) is 3.70. The summed E-state index contributed by atoms with van der Waals surface area (Å²) in [6.07, 6.45) is 4.11. The molecule has 0 fully saturated rings. The number of aliphatic imine (C=N–C) groups is 1. The fourth-order valence-electron chi connectivity index (χ4n) is 2.19. The fraction of sp³-hybridized carbons (Fsp3) is 0.529. The van der Waals surface area contributed by atoms with Gasteiger partial charge < -0.3 is 10.6 Å². The van der Waals surface area contributed by atoms with Gasteiger partial charge in [0, 0.05) is 29.0 Å². The van der Waals surface area contributed by atoms with Crippen molar-refractivity contribution < 1.29 is 0 Å². The quantitative estimate of drug-likeness (QED) is 0.564. The molecule has 0 radical (unpaired) electrons. The predicted molar refractivity (Wildman–Crippen MR) is 101 cm³/mol. The van der Waals surface area contributed by atoms with Crippen molar-refractivity contribution in [3.05, 3.63) is 38.5 Å². The van der Waals surface area contributed by atoms with Crippen LogP contribution in [0.5, 0.6) is 0 Å². The van der Waals surface area contributed by atoms with Gasteiger partial charge in [0.15, 0.2) is 5.96 Å². The van der Waals surface area contributed by atoms with Gasteiger partial charge in [-0.05, 0) is 37.1 Å². The summed E-state index contributed by atoms with van der Waals surface area (Å²) in [5, 5.41) is 9.96. The summed E-state index contributed by atoms with van der Waals surface area (Å²) in [5.41, 5.74) is 0. The van der Waals surface area contributed by atoms with Crippen LogP contribution in [-0.2, 0) is 19.4 Å². The molecule has 0 amide bonds. The van der Waals surface area contributed by atoms with Crippen molar-refractivity contribution in [2.75, 3.05) is 13.1 Å². The van der Waals surface area contributed by atoms with Crippen molar-refractivity contribution in [2.24, 2.45) is 10.9 Å². The first kappa shape index (κ1) is 17.9. The number of aromatic nitrogens is 1. The van der Waals surface area contributed by atoms with Crippen LogP contribution in [-0.4, -0.2) is 24.0 Å². The highest BCUT2D eigenvalue weighted by molar-refractivity contribution is 7.11. The van der Waals surface area contributed by atoms with E-state index in [1.54, 1.807) is 11.3 Å². The largest absolute Gasteiger partial charge is 0.357 e. The number of rotatable bonds is 8. The lowest BCUT2D eigenvalue weighted by molar-refractivity contribution is 0.562. The molecule has 2 aromatic rings. The third-order valence-electron chi connectivity index (χ3n) is 3.41. The molecule has 0 bridgehead atoms. The molecule has 2 rings (SSSR count). The summed E-state index contributed by atoms with van der Waals surface area (Å²) >= 11 is 3.57. The number of thiazole rings is 1. The zero-order chi connectivity index (χ0) is 16.5. The second kappa shape index (κ2) is 9.67.